The number of amides is 2. The molecule has 0 aromatic heterocycles. The van der Waals surface area contributed by atoms with Crippen LogP contribution in [0, 0.1) is 23.7 Å². The molecule has 0 N–H and O–H groups in total. The van der Waals surface area contributed by atoms with E-state index < -0.39 is 0 Å². The van der Waals surface area contributed by atoms with E-state index in [4.69, 9.17) is 4.74 Å². The summed E-state index contributed by atoms with van der Waals surface area (Å²) >= 11 is 0. The molecule has 140 valence electrons. The van der Waals surface area contributed by atoms with E-state index in [2.05, 4.69) is 23.8 Å². The lowest BCUT2D eigenvalue weighted by atomic mass is 9.85. The average molecular weight is 372 g/mol. The van der Waals surface area contributed by atoms with Crippen molar-refractivity contribution in [1.82, 2.24) is 5.01 Å². The Morgan fingerprint density at radius 2 is 1.79 bits per heavy atom. The molecule has 4 atom stereocenters. The zero-order valence-corrected chi connectivity index (χ0v) is 15.3. The molecule has 2 bridgehead atoms. The van der Waals surface area contributed by atoms with E-state index in [1.54, 1.807) is 12.3 Å². The van der Waals surface area contributed by atoms with Gasteiger partial charge in [0.15, 0.2) is 0 Å². The fourth-order valence-corrected chi connectivity index (χ4v) is 4.80. The number of imide groups is 1. The molecule has 2 aliphatic carbocycles. The highest BCUT2D eigenvalue weighted by Crippen LogP contribution is 2.52. The van der Waals surface area contributed by atoms with Crippen LogP contribution in [0.15, 0.2) is 66.3 Å². The molecule has 28 heavy (non-hydrogen) atoms. The predicted octanol–water partition coefficient (Wildman–Crippen LogP) is 3.55. The van der Waals surface area contributed by atoms with Crippen LogP contribution < -0.4 is 4.74 Å². The largest absolute Gasteiger partial charge is 0.489 e. The highest BCUT2D eigenvalue weighted by atomic mass is 16.5. The summed E-state index contributed by atoms with van der Waals surface area (Å²) in [4.78, 5) is 25.7. The quantitative estimate of drug-likeness (QED) is 0.458. The maximum atomic E-state index is 12.8. The first-order valence-corrected chi connectivity index (χ1v) is 9.54. The first-order chi connectivity index (χ1) is 13.7. The van der Waals surface area contributed by atoms with Crippen molar-refractivity contribution < 1.29 is 14.3 Å². The van der Waals surface area contributed by atoms with Crippen LogP contribution in [0.4, 0.5) is 0 Å². The number of nitrogens with zero attached hydrogens (tertiary/aromatic N) is 2. The zero-order valence-electron chi connectivity index (χ0n) is 15.3. The van der Waals surface area contributed by atoms with E-state index in [9.17, 15) is 9.59 Å². The topological polar surface area (TPSA) is 59.0 Å². The summed E-state index contributed by atoms with van der Waals surface area (Å²) in [6.07, 6.45) is 8.32. The number of fused-ring (bicyclic) bond motifs is 6. The van der Waals surface area contributed by atoms with Gasteiger partial charge in [-0.25, -0.2) is 0 Å². The summed E-state index contributed by atoms with van der Waals surface area (Å²) in [7, 11) is 0. The van der Waals surface area contributed by atoms with Crippen LogP contribution in [0.3, 0.4) is 0 Å². The highest BCUT2D eigenvalue weighted by molar-refractivity contribution is 6.08. The lowest BCUT2D eigenvalue weighted by Gasteiger charge is -2.13. The van der Waals surface area contributed by atoms with Crippen LogP contribution in [0.25, 0.3) is 10.8 Å². The molecule has 1 aliphatic heterocycles. The summed E-state index contributed by atoms with van der Waals surface area (Å²) in [6.45, 7) is 4.05. The molecule has 0 radical (unpaired) electrons. The Bertz CT molecular complexity index is 1020. The molecule has 1 heterocycles. The SMILES string of the molecule is C=CCOc1ccc2ccccc2c1C=NN1C(=O)C2C3C=CC(C3)C2C1=O. The zero-order chi connectivity index (χ0) is 19.3. The van der Waals surface area contributed by atoms with Crippen molar-refractivity contribution in [3.05, 3.63) is 66.8 Å². The van der Waals surface area contributed by atoms with Gasteiger partial charge in [-0.2, -0.15) is 10.1 Å². The van der Waals surface area contributed by atoms with E-state index >= 15 is 0 Å². The van der Waals surface area contributed by atoms with Gasteiger partial charge >= 0.3 is 0 Å². The summed E-state index contributed by atoms with van der Waals surface area (Å²) in [5, 5.41) is 7.39. The monoisotopic (exact) mass is 372 g/mol. The average Bonchev–Trinajstić information content (AvgIpc) is 3.39. The maximum absolute atomic E-state index is 12.8. The van der Waals surface area contributed by atoms with Crippen molar-refractivity contribution in [2.45, 2.75) is 6.42 Å². The lowest BCUT2D eigenvalue weighted by molar-refractivity contribution is -0.140. The molecule has 4 unspecified atom stereocenters. The molecule has 3 aliphatic rings. The smallest absolute Gasteiger partial charge is 0.254 e. The van der Waals surface area contributed by atoms with Gasteiger partial charge < -0.3 is 4.74 Å². The lowest BCUT2D eigenvalue weighted by Crippen LogP contribution is -2.28. The Labute approximate surface area is 163 Å². The Morgan fingerprint density at radius 1 is 1.07 bits per heavy atom. The number of ether oxygens (including phenoxy) is 1. The van der Waals surface area contributed by atoms with E-state index in [1.165, 1.54) is 0 Å². The normalized spacial score (nSPS) is 27.9. The van der Waals surface area contributed by atoms with Crippen LogP contribution in [0.1, 0.15) is 12.0 Å². The number of carbonyl (C=O) groups excluding carboxylic acids is 2. The van der Waals surface area contributed by atoms with Crippen molar-refractivity contribution in [1.29, 1.82) is 0 Å². The number of rotatable bonds is 5. The fourth-order valence-electron chi connectivity index (χ4n) is 4.80. The highest BCUT2D eigenvalue weighted by Gasteiger charge is 2.59. The fraction of sp³-hybridized carbons (Fsp3) is 0.261. The summed E-state index contributed by atoms with van der Waals surface area (Å²) in [5.41, 5.74) is 0.749. The van der Waals surface area contributed by atoms with Crippen molar-refractivity contribution >= 4 is 28.8 Å². The van der Waals surface area contributed by atoms with Crippen molar-refractivity contribution in [2.24, 2.45) is 28.8 Å². The number of carbonyl (C=O) groups is 2. The van der Waals surface area contributed by atoms with Crippen LogP contribution in [-0.4, -0.2) is 29.6 Å². The molecule has 2 aromatic carbocycles. The summed E-state index contributed by atoms with van der Waals surface area (Å²) < 4.78 is 5.77. The Balaban J connectivity index is 1.51. The molecule has 2 fully saturated rings. The van der Waals surface area contributed by atoms with Gasteiger partial charge in [-0.15, -0.1) is 0 Å². The molecular weight excluding hydrogens is 352 g/mol. The summed E-state index contributed by atoms with van der Waals surface area (Å²) in [6, 6.07) is 11.7. The van der Waals surface area contributed by atoms with E-state index in [0.717, 1.165) is 27.8 Å². The van der Waals surface area contributed by atoms with E-state index in [-0.39, 0.29) is 35.5 Å². The molecule has 5 nitrogen and oxygen atoms in total. The molecule has 2 aromatic rings. The number of hydrogen-bond donors (Lipinski definition) is 0. The molecule has 5 rings (SSSR count). The molecule has 5 heteroatoms. The van der Waals surface area contributed by atoms with Gasteiger partial charge in [0.2, 0.25) is 0 Å². The van der Waals surface area contributed by atoms with Gasteiger partial charge in [0.25, 0.3) is 11.8 Å². The third-order valence-corrected chi connectivity index (χ3v) is 6.04. The van der Waals surface area contributed by atoms with Crippen molar-refractivity contribution in [3.63, 3.8) is 0 Å². The van der Waals surface area contributed by atoms with Gasteiger partial charge in [-0.1, -0.05) is 55.1 Å². The summed E-state index contributed by atoms with van der Waals surface area (Å²) in [5.74, 6) is 0.135. The van der Waals surface area contributed by atoms with E-state index in [0.29, 0.717) is 12.4 Å². The Hall–Kier alpha value is -3.21. The van der Waals surface area contributed by atoms with Gasteiger partial charge in [0, 0.05) is 5.56 Å². The second-order valence-electron chi connectivity index (χ2n) is 7.53. The van der Waals surface area contributed by atoms with Crippen LogP contribution in [0.2, 0.25) is 0 Å². The molecule has 2 amide bonds. The first-order valence-electron chi connectivity index (χ1n) is 9.54. The Morgan fingerprint density at radius 3 is 2.50 bits per heavy atom. The molecular formula is C23H20N2O3. The van der Waals surface area contributed by atoms with Gasteiger partial charge in [-0.3, -0.25) is 9.59 Å². The minimum Gasteiger partial charge on any atom is -0.489 e. The predicted molar refractivity (Wildman–Crippen MR) is 107 cm³/mol. The standard InChI is InChI=1S/C23H20N2O3/c1-2-11-28-19-10-9-14-5-3-4-6-17(14)18(19)13-24-25-22(26)20-15-7-8-16(12-15)21(20)23(25)27/h2-10,13,15-16,20-21H,1,11-12H2. The number of hydrogen-bond acceptors (Lipinski definition) is 4. The number of allylic oxidation sites excluding steroid dienone is 2. The van der Waals surface area contributed by atoms with Crippen molar-refractivity contribution in [3.8, 4) is 5.75 Å². The van der Waals surface area contributed by atoms with Crippen LogP contribution in [0.5, 0.6) is 5.75 Å². The minimum atomic E-state index is -0.247. The molecule has 1 saturated carbocycles. The Kier molecular flexibility index (Phi) is 3.90. The van der Waals surface area contributed by atoms with Gasteiger partial charge in [0.1, 0.15) is 12.4 Å². The van der Waals surface area contributed by atoms with Gasteiger partial charge in [0.05, 0.1) is 18.1 Å². The second-order valence-corrected chi connectivity index (χ2v) is 7.53. The number of hydrazone groups is 1. The third kappa shape index (κ3) is 2.43. The third-order valence-electron chi connectivity index (χ3n) is 6.04. The van der Waals surface area contributed by atoms with Crippen LogP contribution >= 0.6 is 0 Å². The van der Waals surface area contributed by atoms with E-state index in [1.807, 2.05) is 36.4 Å². The first kappa shape index (κ1) is 16.9. The molecule has 1 saturated heterocycles. The number of benzene rings is 2. The minimum absolute atomic E-state index is 0.177. The second kappa shape index (κ2) is 6.44. The van der Waals surface area contributed by atoms with Gasteiger partial charge in [-0.05, 0) is 35.1 Å². The van der Waals surface area contributed by atoms with Crippen molar-refractivity contribution in [2.75, 3.05) is 6.61 Å². The molecule has 0 spiro atoms. The maximum Gasteiger partial charge on any atom is 0.254 e. The van der Waals surface area contributed by atoms with Crippen LogP contribution in [-0.2, 0) is 9.59 Å².